The predicted molar refractivity (Wildman–Crippen MR) is 242 cm³/mol. The lowest BCUT2D eigenvalue weighted by Crippen LogP contribution is -2.28. The molecule has 0 atom stereocenters. The normalized spacial score (nSPS) is 13.2. The first kappa shape index (κ1) is 32.1. The number of benzene rings is 9. The van der Waals surface area contributed by atoms with Crippen LogP contribution >= 0.6 is 0 Å². The lowest BCUT2D eigenvalue weighted by molar-refractivity contribution is 0.767. The first-order valence-corrected chi connectivity index (χ1v) is 20.2. The van der Waals surface area contributed by atoms with Gasteiger partial charge < -0.3 is 8.97 Å². The number of para-hydroxylation sites is 3. The highest BCUT2D eigenvalue weighted by Gasteiger charge is 2.46. The van der Waals surface area contributed by atoms with Crippen LogP contribution in [0.2, 0.25) is 0 Å². The smallest absolute Gasteiger partial charge is 0.0714 e. The zero-order valence-electron chi connectivity index (χ0n) is 31.9. The van der Waals surface area contributed by atoms with Crippen LogP contribution in [0.5, 0.6) is 0 Å². The van der Waals surface area contributed by atoms with E-state index >= 15 is 0 Å². The van der Waals surface area contributed by atoms with Gasteiger partial charge in [0.2, 0.25) is 0 Å². The summed E-state index contributed by atoms with van der Waals surface area (Å²) >= 11 is 0. The van der Waals surface area contributed by atoms with E-state index in [0.717, 1.165) is 0 Å². The van der Waals surface area contributed by atoms with Crippen molar-refractivity contribution in [2.24, 2.45) is 0 Å². The maximum atomic E-state index is 2.50. The highest BCUT2D eigenvalue weighted by molar-refractivity contribution is 6.32. The van der Waals surface area contributed by atoms with Gasteiger partial charge in [0.05, 0.1) is 33.0 Å². The molecule has 1 aliphatic rings. The Labute approximate surface area is 330 Å². The second-order valence-electron chi connectivity index (χ2n) is 15.2. The molecule has 0 spiro atoms. The molecule has 0 radical (unpaired) electrons. The molecular weight excluding hydrogens is 689 g/mol. The van der Waals surface area contributed by atoms with Crippen molar-refractivity contribution in [3.8, 4) is 16.8 Å². The standard InChI is InChI=1S/C53H32N2.C2H6/c1-3-14-33(15-4-1)53(34-16-5-2-6-17-34)44-23-10-7-18-36(44)37-27-26-35(32-45(37)53)54-47-25-12-9-20-42(47)50-39-29-31-49-51(40(39)28-30-48(50)54)43-22-13-21-41-38-19-8-11-24-46(38)55(49)52(41)43;1-2/h1-32H;1-2H3. The van der Waals surface area contributed by atoms with Gasteiger partial charge in [-0.05, 0) is 80.6 Å². The van der Waals surface area contributed by atoms with E-state index in [4.69, 9.17) is 0 Å². The quantitative estimate of drug-likeness (QED) is 0.171. The molecule has 13 rings (SSSR count). The van der Waals surface area contributed by atoms with Gasteiger partial charge in [-0.25, -0.2) is 0 Å². The van der Waals surface area contributed by atoms with E-state index in [1.165, 1.54) is 110 Å². The molecule has 12 aromatic rings. The minimum absolute atomic E-state index is 0.460. The minimum Gasteiger partial charge on any atom is -0.309 e. The van der Waals surface area contributed by atoms with Gasteiger partial charge in [0.25, 0.3) is 0 Å². The Morgan fingerprint density at radius 1 is 0.351 bits per heavy atom. The topological polar surface area (TPSA) is 9.34 Å². The Hall–Kier alpha value is -7.16. The molecule has 2 nitrogen and oxygen atoms in total. The monoisotopic (exact) mass is 726 g/mol. The molecular formula is C55H38N2. The molecule has 0 saturated carbocycles. The molecule has 0 unspecified atom stereocenters. The number of fused-ring (bicyclic) bond motifs is 15. The van der Waals surface area contributed by atoms with Crippen molar-refractivity contribution in [1.82, 2.24) is 8.97 Å². The molecule has 3 heterocycles. The molecule has 0 aliphatic heterocycles. The Balaban J connectivity index is 0.00000175. The van der Waals surface area contributed by atoms with Gasteiger partial charge in [0, 0.05) is 38.0 Å². The second kappa shape index (κ2) is 11.9. The van der Waals surface area contributed by atoms with Crippen LogP contribution in [0, 0.1) is 0 Å². The molecule has 0 amide bonds. The molecule has 9 aromatic carbocycles. The second-order valence-corrected chi connectivity index (χ2v) is 15.2. The van der Waals surface area contributed by atoms with Gasteiger partial charge in [0.1, 0.15) is 0 Å². The van der Waals surface area contributed by atoms with E-state index in [-0.39, 0.29) is 0 Å². The zero-order valence-corrected chi connectivity index (χ0v) is 31.9. The number of nitrogens with zero attached hydrogens (tertiary/aromatic N) is 2. The van der Waals surface area contributed by atoms with Gasteiger partial charge in [-0.2, -0.15) is 0 Å². The first-order chi connectivity index (χ1) is 28.3. The van der Waals surface area contributed by atoms with E-state index in [1.807, 2.05) is 13.8 Å². The van der Waals surface area contributed by atoms with Gasteiger partial charge in [-0.15, -0.1) is 0 Å². The number of hydrogen-bond acceptors (Lipinski definition) is 0. The van der Waals surface area contributed by atoms with Gasteiger partial charge >= 0.3 is 0 Å². The van der Waals surface area contributed by atoms with Crippen LogP contribution in [0.25, 0.3) is 87.5 Å². The van der Waals surface area contributed by atoms with Crippen molar-refractivity contribution >= 4 is 70.7 Å². The summed E-state index contributed by atoms with van der Waals surface area (Å²) in [6.45, 7) is 4.00. The van der Waals surface area contributed by atoms with Crippen molar-refractivity contribution in [2.45, 2.75) is 19.3 Å². The van der Waals surface area contributed by atoms with Crippen molar-refractivity contribution in [1.29, 1.82) is 0 Å². The maximum Gasteiger partial charge on any atom is 0.0714 e. The van der Waals surface area contributed by atoms with E-state index < -0.39 is 5.41 Å². The summed E-state index contributed by atoms with van der Waals surface area (Å²) in [5, 5.41) is 10.4. The highest BCUT2D eigenvalue weighted by atomic mass is 15.0. The number of aromatic nitrogens is 2. The highest BCUT2D eigenvalue weighted by Crippen LogP contribution is 2.56. The molecule has 57 heavy (non-hydrogen) atoms. The lowest BCUT2D eigenvalue weighted by Gasteiger charge is -2.34. The lowest BCUT2D eigenvalue weighted by atomic mass is 9.67. The molecule has 0 fully saturated rings. The van der Waals surface area contributed by atoms with Crippen molar-refractivity contribution in [2.75, 3.05) is 0 Å². The fourth-order valence-corrected chi connectivity index (χ4v) is 10.7. The largest absolute Gasteiger partial charge is 0.309 e. The Kier molecular flexibility index (Phi) is 6.72. The van der Waals surface area contributed by atoms with Crippen LogP contribution in [0.1, 0.15) is 36.1 Å². The predicted octanol–water partition coefficient (Wildman–Crippen LogP) is 14.5. The molecule has 0 N–H and O–H groups in total. The third-order valence-electron chi connectivity index (χ3n) is 12.7. The summed E-state index contributed by atoms with van der Waals surface area (Å²) < 4.78 is 4.98. The third-order valence-corrected chi connectivity index (χ3v) is 12.7. The Bertz CT molecular complexity index is 3490. The molecule has 2 heteroatoms. The maximum absolute atomic E-state index is 2.50. The average molecular weight is 727 g/mol. The van der Waals surface area contributed by atoms with Crippen LogP contribution in [-0.2, 0) is 5.41 Å². The number of hydrogen-bond donors (Lipinski definition) is 0. The van der Waals surface area contributed by atoms with Crippen LogP contribution in [0.4, 0.5) is 0 Å². The van der Waals surface area contributed by atoms with E-state index in [1.54, 1.807) is 0 Å². The van der Waals surface area contributed by atoms with Gasteiger partial charge in [-0.3, -0.25) is 0 Å². The van der Waals surface area contributed by atoms with Crippen molar-refractivity contribution in [3.05, 3.63) is 216 Å². The minimum atomic E-state index is -0.460. The van der Waals surface area contributed by atoms with E-state index in [0.29, 0.717) is 0 Å². The first-order valence-electron chi connectivity index (χ1n) is 20.2. The van der Waals surface area contributed by atoms with Crippen LogP contribution in [-0.4, -0.2) is 8.97 Å². The van der Waals surface area contributed by atoms with E-state index in [2.05, 4.69) is 203 Å². The molecule has 0 saturated heterocycles. The Morgan fingerprint density at radius 3 is 1.67 bits per heavy atom. The van der Waals surface area contributed by atoms with Crippen LogP contribution in [0.15, 0.2) is 194 Å². The zero-order chi connectivity index (χ0) is 37.8. The summed E-state index contributed by atoms with van der Waals surface area (Å²) in [5.74, 6) is 0. The summed E-state index contributed by atoms with van der Waals surface area (Å²) in [7, 11) is 0. The molecule has 268 valence electrons. The van der Waals surface area contributed by atoms with E-state index in [9.17, 15) is 0 Å². The van der Waals surface area contributed by atoms with Crippen LogP contribution < -0.4 is 0 Å². The van der Waals surface area contributed by atoms with Gasteiger partial charge in [0.15, 0.2) is 0 Å². The average Bonchev–Trinajstić information content (AvgIpc) is 4.01. The Morgan fingerprint density at radius 2 is 0.912 bits per heavy atom. The summed E-state index contributed by atoms with van der Waals surface area (Å²) in [6, 6.07) is 72.4. The number of rotatable bonds is 3. The SMILES string of the molecule is CC.c1ccc(C2(c3ccccc3)c3ccccc3-c3ccc(-n4c5ccccc5c5c6ccc7c(c6ccc54)c4cccc5c6ccccc6n7c54)cc32)cc1. The summed E-state index contributed by atoms with van der Waals surface area (Å²) in [4.78, 5) is 0. The third kappa shape index (κ3) is 4.04. The molecule has 1 aliphatic carbocycles. The molecule has 0 bridgehead atoms. The fraction of sp³-hybridized carbons (Fsp3) is 0.0545. The van der Waals surface area contributed by atoms with Crippen molar-refractivity contribution in [3.63, 3.8) is 0 Å². The fourth-order valence-electron chi connectivity index (χ4n) is 10.7. The summed E-state index contributed by atoms with van der Waals surface area (Å²) in [5.41, 5.74) is 14.8. The molecule has 3 aromatic heterocycles. The van der Waals surface area contributed by atoms with Crippen LogP contribution in [0.3, 0.4) is 0 Å². The van der Waals surface area contributed by atoms with Crippen molar-refractivity contribution < 1.29 is 0 Å². The summed E-state index contributed by atoms with van der Waals surface area (Å²) in [6.07, 6.45) is 0. The van der Waals surface area contributed by atoms with Gasteiger partial charge in [-0.1, -0.05) is 172 Å².